The SMILES string of the molecule is N=N[C@@H](CCC(=O)O)C(=O)O. The summed E-state index contributed by atoms with van der Waals surface area (Å²) in [6.45, 7) is 0. The van der Waals surface area contributed by atoms with Gasteiger partial charge < -0.3 is 10.2 Å². The van der Waals surface area contributed by atoms with Gasteiger partial charge in [-0.25, -0.2) is 10.3 Å². The third-order valence-electron chi connectivity index (χ3n) is 1.07. The predicted molar refractivity (Wildman–Crippen MR) is 33.4 cm³/mol. The van der Waals surface area contributed by atoms with Crippen molar-refractivity contribution in [2.24, 2.45) is 5.11 Å². The van der Waals surface area contributed by atoms with E-state index in [2.05, 4.69) is 5.11 Å². The summed E-state index contributed by atoms with van der Waals surface area (Å²) >= 11 is 0. The van der Waals surface area contributed by atoms with Gasteiger partial charge in [-0.15, -0.1) is 0 Å². The molecule has 0 aromatic rings. The molecule has 0 aromatic heterocycles. The van der Waals surface area contributed by atoms with Crippen molar-refractivity contribution in [2.75, 3.05) is 0 Å². The number of carbonyl (C=O) groups is 2. The average molecular weight is 160 g/mol. The Balaban J connectivity index is 3.79. The van der Waals surface area contributed by atoms with E-state index in [4.69, 9.17) is 15.7 Å². The van der Waals surface area contributed by atoms with Crippen molar-refractivity contribution in [1.82, 2.24) is 0 Å². The lowest BCUT2D eigenvalue weighted by molar-refractivity contribution is -0.139. The number of aliphatic carboxylic acids is 2. The first kappa shape index (κ1) is 9.54. The van der Waals surface area contributed by atoms with Gasteiger partial charge in [-0.05, 0) is 6.42 Å². The number of hydrogen-bond donors (Lipinski definition) is 3. The molecule has 62 valence electrons. The van der Waals surface area contributed by atoms with E-state index < -0.39 is 18.0 Å². The van der Waals surface area contributed by atoms with Crippen LogP contribution in [0.1, 0.15) is 12.8 Å². The summed E-state index contributed by atoms with van der Waals surface area (Å²) in [5.74, 6) is -2.35. The first-order chi connectivity index (χ1) is 5.07. The van der Waals surface area contributed by atoms with Gasteiger partial charge >= 0.3 is 11.9 Å². The minimum absolute atomic E-state index is 0.131. The average Bonchev–Trinajstić information content (AvgIpc) is 1.87. The van der Waals surface area contributed by atoms with Crippen LogP contribution in [0.2, 0.25) is 0 Å². The molecule has 3 N–H and O–H groups in total. The molecule has 6 heteroatoms. The molecule has 0 aliphatic rings. The normalized spacial score (nSPS) is 12.0. The molecule has 0 saturated heterocycles. The summed E-state index contributed by atoms with van der Waals surface area (Å²) in [7, 11) is 0. The molecule has 1 atom stereocenters. The van der Waals surface area contributed by atoms with E-state index in [1.54, 1.807) is 0 Å². The van der Waals surface area contributed by atoms with E-state index in [0.29, 0.717) is 0 Å². The van der Waals surface area contributed by atoms with Crippen LogP contribution < -0.4 is 0 Å². The predicted octanol–water partition coefficient (Wildman–Crippen LogP) is 0.335. The Bertz CT molecular complexity index is 179. The zero-order valence-electron chi connectivity index (χ0n) is 5.65. The summed E-state index contributed by atoms with van der Waals surface area (Å²) < 4.78 is 0. The van der Waals surface area contributed by atoms with Crippen molar-refractivity contribution in [3.05, 3.63) is 0 Å². The number of rotatable bonds is 5. The molecule has 0 rings (SSSR count). The highest BCUT2D eigenvalue weighted by atomic mass is 16.4. The second kappa shape index (κ2) is 4.37. The van der Waals surface area contributed by atoms with E-state index in [9.17, 15) is 9.59 Å². The van der Waals surface area contributed by atoms with Crippen molar-refractivity contribution in [2.45, 2.75) is 18.9 Å². The highest BCUT2D eigenvalue weighted by Crippen LogP contribution is 2.01. The Hall–Kier alpha value is -1.46. The molecule has 0 aliphatic heterocycles. The van der Waals surface area contributed by atoms with Crippen LogP contribution in [-0.4, -0.2) is 28.2 Å². The molecular formula is C5H8N2O4. The molecule has 0 heterocycles. The Morgan fingerprint density at radius 2 is 2.00 bits per heavy atom. The lowest BCUT2D eigenvalue weighted by Crippen LogP contribution is -2.18. The lowest BCUT2D eigenvalue weighted by Gasteiger charge is -2.00. The second-order valence-electron chi connectivity index (χ2n) is 1.92. The van der Waals surface area contributed by atoms with Crippen LogP contribution in [0.5, 0.6) is 0 Å². The van der Waals surface area contributed by atoms with Crippen LogP contribution in [0.4, 0.5) is 0 Å². The van der Waals surface area contributed by atoms with E-state index >= 15 is 0 Å². The van der Waals surface area contributed by atoms with E-state index in [0.717, 1.165) is 0 Å². The first-order valence-corrected chi connectivity index (χ1v) is 2.89. The summed E-state index contributed by atoms with van der Waals surface area (Å²) in [5.41, 5.74) is 6.39. The van der Waals surface area contributed by atoms with Crippen LogP contribution in [0.3, 0.4) is 0 Å². The number of carboxylic acid groups (broad SMARTS) is 2. The molecule has 0 fully saturated rings. The summed E-state index contributed by atoms with van der Waals surface area (Å²) in [6.07, 6.45) is -0.409. The van der Waals surface area contributed by atoms with Crippen LogP contribution >= 0.6 is 0 Å². The van der Waals surface area contributed by atoms with Gasteiger partial charge in [0.05, 0.1) is 0 Å². The van der Waals surface area contributed by atoms with Crippen molar-refractivity contribution in [3.8, 4) is 0 Å². The topological polar surface area (TPSA) is 111 Å². The zero-order valence-corrected chi connectivity index (χ0v) is 5.65. The zero-order chi connectivity index (χ0) is 8.85. The molecule has 6 nitrogen and oxygen atoms in total. The van der Waals surface area contributed by atoms with Crippen LogP contribution in [-0.2, 0) is 9.59 Å². The van der Waals surface area contributed by atoms with Gasteiger partial charge in [-0.2, -0.15) is 5.11 Å². The lowest BCUT2D eigenvalue weighted by atomic mass is 10.2. The first-order valence-electron chi connectivity index (χ1n) is 2.89. The quantitative estimate of drug-likeness (QED) is 0.503. The molecule has 0 aliphatic carbocycles. The highest BCUT2D eigenvalue weighted by molar-refractivity contribution is 5.75. The molecule has 0 radical (unpaired) electrons. The maximum atomic E-state index is 10.1. The van der Waals surface area contributed by atoms with Gasteiger partial charge in [0.25, 0.3) is 0 Å². The van der Waals surface area contributed by atoms with E-state index in [1.165, 1.54) is 0 Å². The summed E-state index contributed by atoms with van der Waals surface area (Å²) in [5, 5.41) is 19.2. The van der Waals surface area contributed by atoms with E-state index in [1.807, 2.05) is 0 Å². The second-order valence-corrected chi connectivity index (χ2v) is 1.92. The van der Waals surface area contributed by atoms with Gasteiger partial charge in [-0.3, -0.25) is 4.79 Å². The number of hydrogen-bond acceptors (Lipinski definition) is 4. The summed E-state index contributed by atoms with van der Waals surface area (Å²) in [6, 6.07) is -1.22. The van der Waals surface area contributed by atoms with Gasteiger partial charge in [0.2, 0.25) is 0 Å². The molecule has 0 bridgehead atoms. The molecule has 0 unspecified atom stereocenters. The maximum Gasteiger partial charge on any atom is 0.330 e. The molecule has 0 aromatic carbocycles. The molecular weight excluding hydrogens is 152 g/mol. The van der Waals surface area contributed by atoms with E-state index in [-0.39, 0.29) is 12.8 Å². The van der Waals surface area contributed by atoms with Crippen LogP contribution in [0, 0.1) is 5.53 Å². The van der Waals surface area contributed by atoms with Crippen LogP contribution in [0.15, 0.2) is 5.11 Å². The number of nitrogens with one attached hydrogen (secondary N) is 1. The molecule has 0 amide bonds. The van der Waals surface area contributed by atoms with Crippen molar-refractivity contribution in [1.29, 1.82) is 5.53 Å². The number of carboxylic acids is 2. The van der Waals surface area contributed by atoms with Crippen molar-refractivity contribution in [3.63, 3.8) is 0 Å². The van der Waals surface area contributed by atoms with Gasteiger partial charge in [0, 0.05) is 6.42 Å². The fourth-order valence-corrected chi connectivity index (χ4v) is 0.503. The Kier molecular flexibility index (Phi) is 3.79. The van der Waals surface area contributed by atoms with Gasteiger partial charge in [0.15, 0.2) is 6.04 Å². The Morgan fingerprint density at radius 3 is 2.27 bits per heavy atom. The smallest absolute Gasteiger partial charge is 0.330 e. The maximum absolute atomic E-state index is 10.1. The monoisotopic (exact) mass is 160 g/mol. The molecule has 0 saturated carbocycles. The third-order valence-corrected chi connectivity index (χ3v) is 1.07. The fourth-order valence-electron chi connectivity index (χ4n) is 0.503. The minimum Gasteiger partial charge on any atom is -0.481 e. The Morgan fingerprint density at radius 1 is 1.45 bits per heavy atom. The third kappa shape index (κ3) is 4.01. The standard InChI is InChI=1S/C5H8N2O4/c6-7-3(5(10)11)1-2-4(8)9/h3,6H,1-2H2,(H,8,9)(H,10,11)/t3-/m0/s1. The fraction of sp³-hybridized carbons (Fsp3) is 0.600. The molecule has 11 heavy (non-hydrogen) atoms. The number of nitrogens with zero attached hydrogens (tertiary/aromatic N) is 1. The van der Waals surface area contributed by atoms with Gasteiger partial charge in [0.1, 0.15) is 0 Å². The van der Waals surface area contributed by atoms with Crippen LogP contribution in [0.25, 0.3) is 0 Å². The summed E-state index contributed by atoms with van der Waals surface area (Å²) in [4.78, 5) is 20.1. The highest BCUT2D eigenvalue weighted by Gasteiger charge is 2.16. The van der Waals surface area contributed by atoms with Crippen molar-refractivity contribution >= 4 is 11.9 Å². The van der Waals surface area contributed by atoms with Gasteiger partial charge in [-0.1, -0.05) is 0 Å². The largest absolute Gasteiger partial charge is 0.481 e. The Labute approximate surface area is 62.3 Å². The van der Waals surface area contributed by atoms with Crippen molar-refractivity contribution < 1.29 is 19.8 Å². The minimum atomic E-state index is -1.26. The molecule has 0 spiro atoms.